The van der Waals surface area contributed by atoms with Crippen molar-refractivity contribution in [3.05, 3.63) is 54.1 Å². The number of hydrogen-bond acceptors (Lipinski definition) is 4. The van der Waals surface area contributed by atoms with E-state index >= 15 is 0 Å². The van der Waals surface area contributed by atoms with Gasteiger partial charge in [0.2, 0.25) is 0 Å². The quantitative estimate of drug-likeness (QED) is 0.755. The highest BCUT2D eigenvalue weighted by Gasteiger charge is 2.38. The van der Waals surface area contributed by atoms with Gasteiger partial charge in [-0.25, -0.2) is 0 Å². The summed E-state index contributed by atoms with van der Waals surface area (Å²) in [5.41, 5.74) is 0.326. The maximum atomic E-state index is 12.7. The number of piperidine rings is 1. The van der Waals surface area contributed by atoms with E-state index in [2.05, 4.69) is 38.3 Å². The molecule has 2 aromatic rings. The largest absolute Gasteiger partial charge is 0.504 e. The lowest BCUT2D eigenvalue weighted by Crippen LogP contribution is -2.62. The Morgan fingerprint density at radius 2 is 1.70 bits per heavy atom. The van der Waals surface area contributed by atoms with E-state index in [9.17, 15) is 9.90 Å². The van der Waals surface area contributed by atoms with E-state index in [0.717, 1.165) is 12.8 Å². The number of aromatic hydroxyl groups is 1. The third kappa shape index (κ3) is 5.01. The number of benzene rings is 2. The van der Waals surface area contributed by atoms with E-state index in [1.165, 1.54) is 6.07 Å². The van der Waals surface area contributed by atoms with Crippen molar-refractivity contribution in [1.29, 1.82) is 0 Å². The highest BCUT2D eigenvalue weighted by molar-refractivity contribution is 5.95. The van der Waals surface area contributed by atoms with E-state index in [1.54, 1.807) is 24.3 Å². The molecular formula is C22H28N2O3. The zero-order valence-corrected chi connectivity index (χ0v) is 16.4. The van der Waals surface area contributed by atoms with Crippen LogP contribution >= 0.6 is 0 Å². The number of para-hydroxylation sites is 1. The van der Waals surface area contributed by atoms with Crippen LogP contribution in [0.25, 0.3) is 0 Å². The van der Waals surface area contributed by atoms with Crippen molar-refractivity contribution >= 4 is 5.91 Å². The zero-order valence-electron chi connectivity index (χ0n) is 16.4. The van der Waals surface area contributed by atoms with Crippen molar-refractivity contribution in [3.8, 4) is 17.2 Å². The number of amides is 1. The number of carbonyl (C=O) groups excluding carboxylic acids is 1. The molecule has 27 heavy (non-hydrogen) atoms. The molecule has 0 spiro atoms. The van der Waals surface area contributed by atoms with Gasteiger partial charge in [-0.1, -0.05) is 18.2 Å². The van der Waals surface area contributed by atoms with Gasteiger partial charge in [0.15, 0.2) is 11.5 Å². The van der Waals surface area contributed by atoms with Crippen molar-refractivity contribution < 1.29 is 14.6 Å². The first-order valence-corrected chi connectivity index (χ1v) is 9.30. The monoisotopic (exact) mass is 368 g/mol. The van der Waals surface area contributed by atoms with Gasteiger partial charge < -0.3 is 20.5 Å². The van der Waals surface area contributed by atoms with Crippen LogP contribution in [0.5, 0.6) is 17.2 Å². The lowest BCUT2D eigenvalue weighted by Gasteiger charge is -2.46. The maximum Gasteiger partial charge on any atom is 0.251 e. The molecule has 5 heteroatoms. The van der Waals surface area contributed by atoms with Crippen LogP contribution < -0.4 is 15.4 Å². The average Bonchev–Trinajstić information content (AvgIpc) is 2.54. The van der Waals surface area contributed by atoms with Crippen LogP contribution in [0, 0.1) is 0 Å². The smallest absolute Gasteiger partial charge is 0.251 e. The Balaban J connectivity index is 1.69. The highest BCUT2D eigenvalue weighted by Crippen LogP contribution is 2.32. The first kappa shape index (κ1) is 19.2. The molecule has 1 fully saturated rings. The van der Waals surface area contributed by atoms with Gasteiger partial charge >= 0.3 is 0 Å². The fourth-order valence-electron chi connectivity index (χ4n) is 4.05. The van der Waals surface area contributed by atoms with Crippen LogP contribution in [0.3, 0.4) is 0 Å². The van der Waals surface area contributed by atoms with Crippen LogP contribution in [0.2, 0.25) is 0 Å². The van der Waals surface area contributed by atoms with Gasteiger partial charge in [0.25, 0.3) is 5.91 Å². The molecule has 0 saturated carbocycles. The minimum Gasteiger partial charge on any atom is -0.504 e. The molecule has 1 aliphatic rings. The first-order chi connectivity index (χ1) is 12.6. The lowest BCUT2D eigenvalue weighted by molar-refractivity contribution is 0.0872. The Bertz CT molecular complexity index is 800. The molecule has 3 rings (SSSR count). The van der Waals surface area contributed by atoms with E-state index in [1.807, 2.05) is 18.2 Å². The fraction of sp³-hybridized carbons (Fsp3) is 0.409. The molecule has 0 radical (unpaired) electrons. The second kappa shape index (κ2) is 7.24. The Labute approximate surface area is 160 Å². The third-order valence-electron chi connectivity index (χ3n) is 4.72. The summed E-state index contributed by atoms with van der Waals surface area (Å²) in [4.78, 5) is 12.7. The molecule has 1 heterocycles. The van der Waals surface area contributed by atoms with Crippen LogP contribution in [0.4, 0.5) is 0 Å². The van der Waals surface area contributed by atoms with Crippen LogP contribution in [-0.2, 0) is 0 Å². The summed E-state index contributed by atoms with van der Waals surface area (Å²) in [7, 11) is 0. The number of hydrogen-bond donors (Lipinski definition) is 3. The van der Waals surface area contributed by atoms with Gasteiger partial charge in [-0.3, -0.25) is 4.79 Å². The summed E-state index contributed by atoms with van der Waals surface area (Å²) >= 11 is 0. The number of rotatable bonds is 4. The van der Waals surface area contributed by atoms with E-state index in [0.29, 0.717) is 17.1 Å². The molecule has 1 amide bonds. The molecule has 3 N–H and O–H groups in total. The minimum atomic E-state index is -0.185. The minimum absolute atomic E-state index is 0.0464. The number of ether oxygens (including phenoxy) is 1. The maximum absolute atomic E-state index is 12.7. The summed E-state index contributed by atoms with van der Waals surface area (Å²) in [6.07, 6.45) is 1.70. The molecule has 2 aromatic carbocycles. The first-order valence-electron chi connectivity index (χ1n) is 9.30. The molecule has 1 saturated heterocycles. The molecule has 0 bridgehead atoms. The number of phenolic OH excluding ortho intramolecular Hbond substituents is 1. The topological polar surface area (TPSA) is 70.6 Å². The van der Waals surface area contributed by atoms with E-state index in [4.69, 9.17) is 4.74 Å². The molecule has 0 aromatic heterocycles. The van der Waals surface area contributed by atoms with Crippen LogP contribution in [0.1, 0.15) is 50.9 Å². The summed E-state index contributed by atoms with van der Waals surface area (Å²) in [6, 6.07) is 14.0. The fourth-order valence-corrected chi connectivity index (χ4v) is 4.05. The van der Waals surface area contributed by atoms with Crippen LogP contribution in [-0.4, -0.2) is 28.1 Å². The summed E-state index contributed by atoms with van der Waals surface area (Å²) in [6.45, 7) is 8.59. The standard InChI is InChI=1S/C22H28N2O3/c1-21(2)13-16(14-22(3,4)24-21)23-20(26)15-10-11-19(18(25)12-15)27-17-8-6-5-7-9-17/h5-12,16,24-25H,13-14H2,1-4H3,(H,23,26). The summed E-state index contributed by atoms with van der Waals surface area (Å²) in [5, 5.41) is 17.0. The summed E-state index contributed by atoms with van der Waals surface area (Å²) < 4.78 is 5.66. The second-order valence-corrected chi connectivity index (χ2v) is 8.57. The normalized spacial score (nSPS) is 18.7. The second-order valence-electron chi connectivity index (χ2n) is 8.57. The predicted octanol–water partition coefficient (Wildman–Crippen LogP) is 4.22. The Hall–Kier alpha value is -2.53. The Morgan fingerprint density at radius 1 is 1.07 bits per heavy atom. The van der Waals surface area contributed by atoms with Gasteiger partial charge in [0, 0.05) is 22.7 Å². The summed E-state index contributed by atoms with van der Waals surface area (Å²) in [5.74, 6) is 0.707. The van der Waals surface area contributed by atoms with Crippen molar-refractivity contribution in [2.45, 2.75) is 57.7 Å². The molecular weight excluding hydrogens is 340 g/mol. The number of carbonyl (C=O) groups is 1. The van der Waals surface area contributed by atoms with Crippen LogP contribution in [0.15, 0.2) is 48.5 Å². The van der Waals surface area contributed by atoms with Gasteiger partial charge in [-0.05, 0) is 70.9 Å². The zero-order chi connectivity index (χ0) is 19.7. The van der Waals surface area contributed by atoms with Crippen molar-refractivity contribution in [2.24, 2.45) is 0 Å². The van der Waals surface area contributed by atoms with Crippen molar-refractivity contribution in [1.82, 2.24) is 10.6 Å². The number of phenols is 1. The molecule has 0 unspecified atom stereocenters. The Morgan fingerprint density at radius 3 is 2.30 bits per heavy atom. The number of nitrogens with one attached hydrogen (secondary N) is 2. The molecule has 0 atom stereocenters. The lowest BCUT2D eigenvalue weighted by atomic mass is 9.79. The van der Waals surface area contributed by atoms with E-state index < -0.39 is 0 Å². The molecule has 0 aliphatic carbocycles. The van der Waals surface area contributed by atoms with Gasteiger partial charge in [0.05, 0.1) is 0 Å². The van der Waals surface area contributed by atoms with Crippen molar-refractivity contribution in [3.63, 3.8) is 0 Å². The van der Waals surface area contributed by atoms with E-state index in [-0.39, 0.29) is 28.8 Å². The predicted molar refractivity (Wildman–Crippen MR) is 106 cm³/mol. The molecule has 1 aliphatic heterocycles. The SMILES string of the molecule is CC1(C)CC(NC(=O)c2ccc(Oc3ccccc3)c(O)c2)CC(C)(C)N1. The Kier molecular flexibility index (Phi) is 5.16. The highest BCUT2D eigenvalue weighted by atomic mass is 16.5. The molecule has 5 nitrogen and oxygen atoms in total. The molecule has 144 valence electrons. The van der Waals surface area contributed by atoms with Crippen molar-refractivity contribution in [2.75, 3.05) is 0 Å². The van der Waals surface area contributed by atoms with Gasteiger partial charge in [-0.2, -0.15) is 0 Å². The van der Waals surface area contributed by atoms with Gasteiger partial charge in [-0.15, -0.1) is 0 Å². The third-order valence-corrected chi connectivity index (χ3v) is 4.72. The average molecular weight is 368 g/mol. The van der Waals surface area contributed by atoms with Gasteiger partial charge in [0.1, 0.15) is 5.75 Å².